The minimum Gasteiger partial charge on any atom is -0.492 e. The number of hydrogen-bond acceptors (Lipinski definition) is 3. The molecule has 1 heterocycles. The third-order valence-corrected chi connectivity index (χ3v) is 3.89. The van der Waals surface area contributed by atoms with Crippen molar-refractivity contribution in [3.05, 3.63) is 29.8 Å². The molecule has 148 valence electrons. The normalized spacial score (nSPS) is 18.3. The number of ether oxygens (including phenoxy) is 1. The van der Waals surface area contributed by atoms with Crippen molar-refractivity contribution >= 4 is 29.9 Å². The van der Waals surface area contributed by atoms with Crippen LogP contribution in [0.15, 0.2) is 29.3 Å². The Morgan fingerprint density at radius 2 is 2.15 bits per heavy atom. The van der Waals surface area contributed by atoms with Gasteiger partial charge in [0.1, 0.15) is 12.4 Å². The van der Waals surface area contributed by atoms with E-state index in [0.717, 1.165) is 11.3 Å². The second-order valence-electron chi connectivity index (χ2n) is 6.14. The van der Waals surface area contributed by atoms with Gasteiger partial charge in [-0.1, -0.05) is 12.1 Å². The summed E-state index contributed by atoms with van der Waals surface area (Å²) in [7, 11) is 1.64. The summed E-state index contributed by atoms with van der Waals surface area (Å²) < 4.78 is 42.9. The van der Waals surface area contributed by atoms with Gasteiger partial charge in [0.15, 0.2) is 5.96 Å². The zero-order valence-corrected chi connectivity index (χ0v) is 17.3. The van der Waals surface area contributed by atoms with Crippen LogP contribution in [0.4, 0.5) is 13.2 Å². The molecule has 5 nitrogen and oxygen atoms in total. The summed E-state index contributed by atoms with van der Waals surface area (Å²) in [5.74, 6) is 1.38. The van der Waals surface area contributed by atoms with Gasteiger partial charge in [-0.25, -0.2) is 0 Å². The zero-order chi connectivity index (χ0) is 18.3. The van der Waals surface area contributed by atoms with E-state index in [-0.39, 0.29) is 30.0 Å². The molecule has 2 rings (SSSR count). The highest BCUT2D eigenvalue weighted by Crippen LogP contribution is 2.19. The minimum atomic E-state index is -4.15. The number of likely N-dealkylation sites (tertiary alicyclic amines) is 1. The van der Waals surface area contributed by atoms with Crippen molar-refractivity contribution < 1.29 is 17.9 Å². The second-order valence-corrected chi connectivity index (χ2v) is 6.14. The third-order valence-electron chi connectivity index (χ3n) is 3.89. The highest BCUT2D eigenvalue weighted by atomic mass is 127. The molecule has 9 heteroatoms. The average Bonchev–Trinajstić information content (AvgIpc) is 2.95. The van der Waals surface area contributed by atoms with E-state index in [0.29, 0.717) is 38.6 Å². The Bertz CT molecular complexity index is 583. The van der Waals surface area contributed by atoms with Gasteiger partial charge in [0, 0.05) is 26.2 Å². The van der Waals surface area contributed by atoms with Gasteiger partial charge in [0.05, 0.1) is 13.1 Å². The molecule has 1 aliphatic rings. The van der Waals surface area contributed by atoms with Gasteiger partial charge < -0.3 is 15.4 Å². The molecule has 1 aromatic rings. The van der Waals surface area contributed by atoms with Crippen LogP contribution in [-0.4, -0.2) is 62.9 Å². The smallest absolute Gasteiger partial charge is 0.401 e. The maximum absolute atomic E-state index is 12.4. The van der Waals surface area contributed by atoms with E-state index >= 15 is 0 Å². The van der Waals surface area contributed by atoms with Gasteiger partial charge in [-0.2, -0.15) is 13.2 Å². The van der Waals surface area contributed by atoms with Crippen molar-refractivity contribution in [3.63, 3.8) is 0 Å². The molecule has 1 atom stereocenters. The molecule has 1 unspecified atom stereocenters. The van der Waals surface area contributed by atoms with Crippen LogP contribution in [0.2, 0.25) is 0 Å². The fourth-order valence-corrected chi connectivity index (χ4v) is 2.78. The first-order valence-corrected chi connectivity index (χ1v) is 8.31. The number of aliphatic imine (C=N–C) groups is 1. The van der Waals surface area contributed by atoms with E-state index in [1.54, 1.807) is 7.05 Å². The molecule has 1 fully saturated rings. The number of alkyl halides is 3. The molecule has 1 aromatic carbocycles. The monoisotopic (exact) mass is 486 g/mol. The molecule has 0 aromatic heterocycles. The van der Waals surface area contributed by atoms with Crippen LogP contribution in [0.3, 0.4) is 0 Å². The lowest BCUT2D eigenvalue weighted by Crippen LogP contribution is -2.46. The molecule has 0 amide bonds. The van der Waals surface area contributed by atoms with E-state index in [4.69, 9.17) is 4.74 Å². The number of guanidine groups is 1. The molecule has 0 bridgehead atoms. The molecule has 26 heavy (non-hydrogen) atoms. The first kappa shape index (κ1) is 22.8. The van der Waals surface area contributed by atoms with E-state index in [1.165, 1.54) is 4.90 Å². The van der Waals surface area contributed by atoms with Gasteiger partial charge in [-0.3, -0.25) is 9.89 Å². The van der Waals surface area contributed by atoms with E-state index in [9.17, 15) is 13.2 Å². The Balaban J connectivity index is 0.00000338. The Morgan fingerprint density at radius 3 is 2.81 bits per heavy atom. The Hall–Kier alpha value is -1.23. The van der Waals surface area contributed by atoms with E-state index in [1.807, 2.05) is 31.2 Å². The average molecular weight is 486 g/mol. The molecule has 1 aliphatic heterocycles. The lowest BCUT2D eigenvalue weighted by Gasteiger charge is -2.19. The van der Waals surface area contributed by atoms with Crippen LogP contribution >= 0.6 is 24.0 Å². The number of rotatable bonds is 6. The summed E-state index contributed by atoms with van der Waals surface area (Å²) in [5, 5.41) is 6.28. The molecule has 0 saturated carbocycles. The van der Waals surface area contributed by atoms with Crippen LogP contribution in [-0.2, 0) is 0 Å². The lowest BCUT2D eigenvalue weighted by molar-refractivity contribution is -0.143. The first-order chi connectivity index (χ1) is 11.9. The standard InChI is InChI=1S/C17H25F3N4O.HI/c1-13-4-3-5-15(10-13)25-9-7-22-16(21-2)23-14-6-8-24(11-14)12-17(18,19)20;/h3-5,10,14H,6-9,11-12H2,1-2H3,(H2,21,22,23);1H. The summed E-state index contributed by atoms with van der Waals surface area (Å²) in [5.41, 5.74) is 1.13. The van der Waals surface area contributed by atoms with Crippen LogP contribution in [0.25, 0.3) is 0 Å². The zero-order valence-electron chi connectivity index (χ0n) is 15.0. The molecule has 1 saturated heterocycles. The predicted octanol–water partition coefficient (Wildman–Crippen LogP) is 2.79. The summed E-state index contributed by atoms with van der Waals surface area (Å²) in [6.45, 7) is 2.95. The van der Waals surface area contributed by atoms with Crippen molar-refractivity contribution in [2.45, 2.75) is 25.6 Å². The maximum atomic E-state index is 12.4. The van der Waals surface area contributed by atoms with Crippen LogP contribution in [0.1, 0.15) is 12.0 Å². The number of nitrogens with zero attached hydrogens (tertiary/aromatic N) is 2. The highest BCUT2D eigenvalue weighted by Gasteiger charge is 2.34. The van der Waals surface area contributed by atoms with E-state index < -0.39 is 12.7 Å². The first-order valence-electron chi connectivity index (χ1n) is 8.31. The molecular formula is C17H26F3IN4O. The van der Waals surface area contributed by atoms with Gasteiger partial charge in [0.25, 0.3) is 0 Å². The van der Waals surface area contributed by atoms with Gasteiger partial charge in [0.2, 0.25) is 0 Å². The topological polar surface area (TPSA) is 48.9 Å². The molecule has 0 radical (unpaired) electrons. The molecule has 0 spiro atoms. The van der Waals surface area contributed by atoms with Gasteiger partial charge >= 0.3 is 6.18 Å². The number of hydrogen-bond donors (Lipinski definition) is 2. The lowest BCUT2D eigenvalue weighted by atomic mass is 10.2. The fraction of sp³-hybridized carbons (Fsp3) is 0.588. The van der Waals surface area contributed by atoms with Crippen molar-refractivity contribution in [3.8, 4) is 5.75 Å². The summed E-state index contributed by atoms with van der Waals surface area (Å²) in [4.78, 5) is 5.52. The summed E-state index contributed by atoms with van der Waals surface area (Å²) in [6.07, 6.45) is -3.49. The van der Waals surface area contributed by atoms with Crippen LogP contribution < -0.4 is 15.4 Å². The van der Waals surface area contributed by atoms with Crippen molar-refractivity contribution in [1.29, 1.82) is 0 Å². The van der Waals surface area contributed by atoms with Crippen molar-refractivity contribution in [2.24, 2.45) is 4.99 Å². The third kappa shape index (κ3) is 8.43. The van der Waals surface area contributed by atoms with Gasteiger partial charge in [-0.15, -0.1) is 24.0 Å². The number of nitrogens with one attached hydrogen (secondary N) is 2. The number of aryl methyl sites for hydroxylation is 1. The SMILES string of the molecule is CN=C(NCCOc1cccc(C)c1)NC1CCN(CC(F)(F)F)C1.I. The number of halogens is 4. The Morgan fingerprint density at radius 1 is 1.38 bits per heavy atom. The summed E-state index contributed by atoms with van der Waals surface area (Å²) >= 11 is 0. The van der Waals surface area contributed by atoms with Gasteiger partial charge in [-0.05, 0) is 31.0 Å². The number of benzene rings is 1. The Kier molecular flexibility index (Phi) is 9.48. The molecular weight excluding hydrogens is 460 g/mol. The van der Waals surface area contributed by atoms with Crippen molar-refractivity contribution in [1.82, 2.24) is 15.5 Å². The maximum Gasteiger partial charge on any atom is 0.401 e. The van der Waals surface area contributed by atoms with Crippen LogP contribution in [0, 0.1) is 6.92 Å². The minimum absolute atomic E-state index is 0. The van der Waals surface area contributed by atoms with E-state index in [2.05, 4.69) is 15.6 Å². The molecule has 2 N–H and O–H groups in total. The Labute approximate surface area is 169 Å². The summed E-state index contributed by atoms with van der Waals surface area (Å²) in [6, 6.07) is 7.76. The quantitative estimate of drug-likeness (QED) is 0.281. The molecule has 0 aliphatic carbocycles. The highest BCUT2D eigenvalue weighted by molar-refractivity contribution is 14.0. The fourth-order valence-electron chi connectivity index (χ4n) is 2.78. The predicted molar refractivity (Wildman–Crippen MR) is 107 cm³/mol. The van der Waals surface area contributed by atoms with Crippen molar-refractivity contribution in [2.75, 3.05) is 39.8 Å². The van der Waals surface area contributed by atoms with Crippen LogP contribution in [0.5, 0.6) is 5.75 Å². The largest absolute Gasteiger partial charge is 0.492 e. The second kappa shape index (κ2) is 10.8.